The lowest BCUT2D eigenvalue weighted by Gasteiger charge is -2.53. The van der Waals surface area contributed by atoms with E-state index >= 15 is 0 Å². The first-order chi connectivity index (χ1) is 15.8. The van der Waals surface area contributed by atoms with Gasteiger partial charge in [0.2, 0.25) is 5.91 Å². The van der Waals surface area contributed by atoms with Crippen molar-refractivity contribution in [3.8, 4) is 0 Å². The van der Waals surface area contributed by atoms with Crippen LogP contribution in [0.5, 0.6) is 0 Å². The number of aliphatic hydroxyl groups is 1. The molecule has 8 heteroatoms. The van der Waals surface area contributed by atoms with Crippen molar-refractivity contribution in [2.24, 2.45) is 23.2 Å². The Kier molecular flexibility index (Phi) is 7.78. The molecule has 33 heavy (non-hydrogen) atoms. The quantitative estimate of drug-likeness (QED) is 0.500. The van der Waals surface area contributed by atoms with Gasteiger partial charge in [-0.05, 0) is 36.5 Å². The van der Waals surface area contributed by atoms with Crippen LogP contribution < -0.4 is 10.6 Å². The highest BCUT2D eigenvalue weighted by atomic mass is 32.1. The number of thiazole rings is 1. The van der Waals surface area contributed by atoms with Gasteiger partial charge in [0, 0.05) is 49.4 Å². The van der Waals surface area contributed by atoms with Crippen LogP contribution in [0.15, 0.2) is 12.7 Å². The Labute approximate surface area is 202 Å². The van der Waals surface area contributed by atoms with E-state index in [2.05, 4.69) is 36.0 Å². The molecule has 1 saturated heterocycles. The van der Waals surface area contributed by atoms with Crippen molar-refractivity contribution >= 4 is 22.4 Å². The van der Waals surface area contributed by atoms with Gasteiger partial charge in [-0.3, -0.25) is 9.69 Å². The molecule has 1 aromatic heterocycles. The van der Waals surface area contributed by atoms with E-state index in [1.807, 2.05) is 13.0 Å². The van der Waals surface area contributed by atoms with Crippen molar-refractivity contribution in [3.05, 3.63) is 23.2 Å². The molecule has 184 valence electrons. The summed E-state index contributed by atoms with van der Waals surface area (Å²) in [4.78, 5) is 21.5. The van der Waals surface area contributed by atoms with Gasteiger partial charge in [-0.15, -0.1) is 17.9 Å². The van der Waals surface area contributed by atoms with Gasteiger partial charge in [0.1, 0.15) is 0 Å². The summed E-state index contributed by atoms with van der Waals surface area (Å²) in [6.07, 6.45) is 4.20. The van der Waals surface area contributed by atoms with Crippen LogP contribution in [0.3, 0.4) is 0 Å². The normalized spacial score (nSPS) is 33.0. The predicted molar refractivity (Wildman–Crippen MR) is 133 cm³/mol. The Morgan fingerprint density at radius 2 is 2.21 bits per heavy atom. The van der Waals surface area contributed by atoms with E-state index in [0.717, 1.165) is 62.9 Å². The Morgan fingerprint density at radius 1 is 1.45 bits per heavy atom. The number of hydrogen-bond acceptors (Lipinski definition) is 7. The van der Waals surface area contributed by atoms with Crippen LogP contribution in [-0.2, 0) is 16.0 Å². The number of ether oxygens (including phenoxy) is 1. The standard InChI is InChI=1S/C25H40N4O3S/c1-5-8-27-24-28-21-17(3)20-22(30)18(6-7-25(20,4)15-19(21)33-24)16(2)23(31)26-9-10-29-11-13-32-14-12-29/h5,16-18,20,22,30H,1,6-15H2,2-4H3,(H,26,31)(H,27,28)/t16-,17-,18?,20+,22-,25-/m0/s1. The van der Waals surface area contributed by atoms with Crippen LogP contribution in [0.1, 0.15) is 50.1 Å². The van der Waals surface area contributed by atoms with Gasteiger partial charge in [0.05, 0.1) is 25.0 Å². The Morgan fingerprint density at radius 3 is 2.94 bits per heavy atom. The molecule has 1 aliphatic heterocycles. The lowest BCUT2D eigenvalue weighted by atomic mass is 9.53. The fraction of sp³-hybridized carbons (Fsp3) is 0.760. The second-order valence-electron chi connectivity index (χ2n) is 10.4. The number of rotatable bonds is 8. The molecule has 1 unspecified atom stereocenters. The third-order valence-corrected chi connectivity index (χ3v) is 9.24. The average molecular weight is 477 g/mol. The molecule has 7 nitrogen and oxygen atoms in total. The number of hydrogen-bond donors (Lipinski definition) is 3. The maximum Gasteiger partial charge on any atom is 0.223 e. The molecule has 0 bridgehead atoms. The van der Waals surface area contributed by atoms with Gasteiger partial charge in [-0.25, -0.2) is 4.98 Å². The molecule has 0 spiro atoms. The zero-order valence-corrected chi connectivity index (χ0v) is 21.1. The van der Waals surface area contributed by atoms with E-state index in [9.17, 15) is 9.90 Å². The van der Waals surface area contributed by atoms with E-state index in [1.165, 1.54) is 4.88 Å². The molecule has 6 atom stereocenters. The fourth-order valence-corrected chi connectivity index (χ4v) is 7.57. The Balaban J connectivity index is 1.39. The molecule has 1 saturated carbocycles. The highest BCUT2D eigenvalue weighted by molar-refractivity contribution is 7.15. The van der Waals surface area contributed by atoms with Gasteiger partial charge in [0.15, 0.2) is 5.13 Å². The summed E-state index contributed by atoms with van der Waals surface area (Å²) in [7, 11) is 0. The van der Waals surface area contributed by atoms with Gasteiger partial charge in [-0.2, -0.15) is 0 Å². The number of morpholine rings is 1. The number of aromatic nitrogens is 1. The number of carbonyl (C=O) groups excluding carboxylic acids is 1. The van der Waals surface area contributed by atoms with E-state index in [1.54, 1.807) is 11.3 Å². The first-order valence-corrected chi connectivity index (χ1v) is 13.3. The second kappa shape index (κ2) is 10.4. The average Bonchev–Trinajstić information content (AvgIpc) is 3.20. The van der Waals surface area contributed by atoms with Crippen molar-refractivity contribution in [3.63, 3.8) is 0 Å². The molecule has 0 aromatic carbocycles. The van der Waals surface area contributed by atoms with E-state index in [0.29, 0.717) is 13.1 Å². The van der Waals surface area contributed by atoms with Crippen molar-refractivity contribution in [2.75, 3.05) is 51.3 Å². The number of fused-ring (bicyclic) bond motifs is 2. The molecule has 3 N–H and O–H groups in total. The molecule has 2 aliphatic carbocycles. The molecular formula is C25H40N4O3S. The summed E-state index contributed by atoms with van der Waals surface area (Å²) < 4.78 is 5.39. The minimum Gasteiger partial charge on any atom is -0.392 e. The zero-order valence-electron chi connectivity index (χ0n) is 20.3. The molecule has 1 amide bonds. The van der Waals surface area contributed by atoms with Crippen LogP contribution in [0.25, 0.3) is 0 Å². The van der Waals surface area contributed by atoms with Crippen LogP contribution in [0.2, 0.25) is 0 Å². The largest absolute Gasteiger partial charge is 0.392 e. The monoisotopic (exact) mass is 476 g/mol. The molecule has 0 radical (unpaired) electrons. The number of nitrogens with one attached hydrogen (secondary N) is 2. The topological polar surface area (TPSA) is 86.7 Å². The number of carbonyl (C=O) groups is 1. The molecule has 2 heterocycles. The molecule has 2 fully saturated rings. The predicted octanol–water partition coefficient (Wildman–Crippen LogP) is 2.88. The van der Waals surface area contributed by atoms with Gasteiger partial charge >= 0.3 is 0 Å². The van der Waals surface area contributed by atoms with Crippen LogP contribution in [-0.4, -0.2) is 72.9 Å². The summed E-state index contributed by atoms with van der Waals surface area (Å²) in [5.41, 5.74) is 1.16. The van der Waals surface area contributed by atoms with Gasteiger partial charge in [0.25, 0.3) is 0 Å². The number of amides is 1. The summed E-state index contributed by atoms with van der Waals surface area (Å²) >= 11 is 1.74. The van der Waals surface area contributed by atoms with Crippen molar-refractivity contribution in [2.45, 2.75) is 52.1 Å². The lowest BCUT2D eigenvalue weighted by molar-refractivity contribution is -0.134. The lowest BCUT2D eigenvalue weighted by Crippen LogP contribution is -2.53. The number of nitrogens with zero attached hydrogens (tertiary/aromatic N) is 2. The van der Waals surface area contributed by atoms with E-state index in [4.69, 9.17) is 9.72 Å². The molecular weight excluding hydrogens is 436 g/mol. The van der Waals surface area contributed by atoms with Crippen LogP contribution in [0, 0.1) is 23.2 Å². The smallest absolute Gasteiger partial charge is 0.223 e. The number of anilines is 1. The van der Waals surface area contributed by atoms with Crippen molar-refractivity contribution in [1.82, 2.24) is 15.2 Å². The maximum atomic E-state index is 13.0. The van der Waals surface area contributed by atoms with Crippen molar-refractivity contribution in [1.29, 1.82) is 0 Å². The maximum absolute atomic E-state index is 13.0. The molecule has 4 rings (SSSR count). The summed E-state index contributed by atoms with van der Waals surface area (Å²) in [5, 5.41) is 18.9. The first-order valence-electron chi connectivity index (χ1n) is 12.4. The van der Waals surface area contributed by atoms with Crippen LogP contribution in [0.4, 0.5) is 5.13 Å². The minimum atomic E-state index is -0.502. The number of aliphatic hydroxyl groups excluding tert-OH is 1. The van der Waals surface area contributed by atoms with Gasteiger partial charge < -0.3 is 20.5 Å². The second-order valence-corrected chi connectivity index (χ2v) is 11.5. The SMILES string of the molecule is C=CCNc1nc2c(s1)C[C@]1(C)CCC([C@H](C)C(=O)NCCN3CCOCC3)[C@H](O)[C@H]1[C@@H]2C. The Bertz CT molecular complexity index is 840. The molecule has 3 aliphatic rings. The molecule has 1 aromatic rings. The Hall–Kier alpha value is -1.48. The summed E-state index contributed by atoms with van der Waals surface area (Å²) in [5.74, 6) is 0.116. The summed E-state index contributed by atoms with van der Waals surface area (Å²) in [6, 6.07) is 0. The highest BCUT2D eigenvalue weighted by Crippen LogP contribution is 2.57. The minimum absolute atomic E-state index is 0.0209. The van der Waals surface area contributed by atoms with Crippen molar-refractivity contribution < 1.29 is 14.6 Å². The third kappa shape index (κ3) is 5.14. The van der Waals surface area contributed by atoms with E-state index in [-0.39, 0.29) is 35.0 Å². The van der Waals surface area contributed by atoms with E-state index < -0.39 is 6.10 Å². The zero-order chi connectivity index (χ0) is 23.6. The third-order valence-electron chi connectivity index (χ3n) is 8.21. The van der Waals surface area contributed by atoms with Gasteiger partial charge in [-0.1, -0.05) is 26.8 Å². The summed E-state index contributed by atoms with van der Waals surface area (Å²) in [6.45, 7) is 15.9. The highest BCUT2D eigenvalue weighted by Gasteiger charge is 2.53. The fourth-order valence-electron chi connectivity index (χ4n) is 6.30. The van der Waals surface area contributed by atoms with Crippen LogP contribution >= 0.6 is 11.3 Å². The first kappa shape index (κ1) is 24.6.